The van der Waals surface area contributed by atoms with E-state index in [0.717, 1.165) is 25.1 Å². The summed E-state index contributed by atoms with van der Waals surface area (Å²) in [5, 5.41) is 3.33. The van der Waals surface area contributed by atoms with Crippen LogP contribution in [-0.2, 0) is 16.0 Å². The van der Waals surface area contributed by atoms with Crippen molar-refractivity contribution in [3.8, 4) is 0 Å². The SMILES string of the molecule is CNC(=O)CN1CCN(C(=O)CCc2ccc(Cl)cc2)CC1. The van der Waals surface area contributed by atoms with Crippen LogP contribution in [0, 0.1) is 0 Å². The Hall–Kier alpha value is -1.59. The summed E-state index contributed by atoms with van der Waals surface area (Å²) in [6.45, 7) is 3.29. The van der Waals surface area contributed by atoms with Gasteiger partial charge < -0.3 is 10.2 Å². The molecule has 1 aliphatic heterocycles. The largest absolute Gasteiger partial charge is 0.358 e. The third kappa shape index (κ3) is 5.00. The number of benzene rings is 1. The molecule has 0 aliphatic carbocycles. The maximum absolute atomic E-state index is 12.2. The lowest BCUT2D eigenvalue weighted by Crippen LogP contribution is -2.50. The number of carbonyl (C=O) groups is 2. The van der Waals surface area contributed by atoms with Gasteiger partial charge in [0.25, 0.3) is 0 Å². The number of hydrogen-bond acceptors (Lipinski definition) is 3. The first-order chi connectivity index (χ1) is 10.6. The third-order valence-electron chi connectivity index (χ3n) is 3.91. The van der Waals surface area contributed by atoms with Crippen molar-refractivity contribution in [3.05, 3.63) is 34.9 Å². The highest BCUT2D eigenvalue weighted by Gasteiger charge is 2.21. The summed E-state index contributed by atoms with van der Waals surface area (Å²) in [5.74, 6) is 0.192. The van der Waals surface area contributed by atoms with Crippen LogP contribution in [0.3, 0.4) is 0 Å². The average Bonchev–Trinajstić information content (AvgIpc) is 2.54. The van der Waals surface area contributed by atoms with Gasteiger partial charge in [0, 0.05) is 44.7 Å². The molecule has 6 heteroatoms. The number of nitrogens with zero attached hydrogens (tertiary/aromatic N) is 2. The van der Waals surface area contributed by atoms with E-state index in [4.69, 9.17) is 11.6 Å². The van der Waals surface area contributed by atoms with E-state index in [2.05, 4.69) is 10.2 Å². The first kappa shape index (κ1) is 16.8. The Kier molecular flexibility index (Phi) is 6.21. The highest BCUT2D eigenvalue weighted by atomic mass is 35.5. The molecule has 22 heavy (non-hydrogen) atoms. The van der Waals surface area contributed by atoms with E-state index in [1.807, 2.05) is 29.2 Å². The molecule has 2 amide bonds. The number of likely N-dealkylation sites (N-methyl/N-ethyl adjacent to an activating group) is 1. The Morgan fingerprint density at radius 1 is 1.14 bits per heavy atom. The first-order valence-electron chi connectivity index (χ1n) is 7.53. The van der Waals surface area contributed by atoms with E-state index >= 15 is 0 Å². The Morgan fingerprint density at radius 3 is 2.36 bits per heavy atom. The number of halogens is 1. The molecule has 1 aromatic rings. The van der Waals surface area contributed by atoms with Gasteiger partial charge in [-0.05, 0) is 24.1 Å². The lowest BCUT2D eigenvalue weighted by atomic mass is 10.1. The fraction of sp³-hybridized carbons (Fsp3) is 0.500. The van der Waals surface area contributed by atoms with Crippen LogP contribution in [0.15, 0.2) is 24.3 Å². The van der Waals surface area contributed by atoms with Gasteiger partial charge in [0.15, 0.2) is 0 Å². The van der Waals surface area contributed by atoms with Crippen LogP contribution >= 0.6 is 11.6 Å². The van der Waals surface area contributed by atoms with Gasteiger partial charge >= 0.3 is 0 Å². The lowest BCUT2D eigenvalue weighted by Gasteiger charge is -2.34. The van der Waals surface area contributed by atoms with E-state index in [9.17, 15) is 9.59 Å². The Labute approximate surface area is 136 Å². The van der Waals surface area contributed by atoms with E-state index in [1.165, 1.54) is 0 Å². The molecule has 0 radical (unpaired) electrons. The molecule has 5 nitrogen and oxygen atoms in total. The minimum Gasteiger partial charge on any atom is -0.358 e. The topological polar surface area (TPSA) is 52.7 Å². The predicted octanol–water partition coefficient (Wildman–Crippen LogP) is 1.16. The smallest absolute Gasteiger partial charge is 0.233 e. The minimum atomic E-state index is 0.0162. The quantitative estimate of drug-likeness (QED) is 0.885. The van der Waals surface area contributed by atoms with Crippen molar-refractivity contribution in [3.63, 3.8) is 0 Å². The minimum absolute atomic E-state index is 0.0162. The molecule has 1 saturated heterocycles. The molecular formula is C16H22ClN3O2. The molecule has 1 N–H and O–H groups in total. The molecule has 0 spiro atoms. The van der Waals surface area contributed by atoms with Crippen molar-refractivity contribution in [1.82, 2.24) is 15.1 Å². The van der Waals surface area contributed by atoms with E-state index in [-0.39, 0.29) is 11.8 Å². The average molecular weight is 324 g/mol. The molecule has 1 fully saturated rings. The van der Waals surface area contributed by atoms with E-state index in [1.54, 1.807) is 7.05 Å². The van der Waals surface area contributed by atoms with Crippen molar-refractivity contribution in [2.45, 2.75) is 12.8 Å². The molecule has 1 heterocycles. The van der Waals surface area contributed by atoms with Crippen LogP contribution in [0.4, 0.5) is 0 Å². The summed E-state index contributed by atoms with van der Waals surface area (Å²) in [5.41, 5.74) is 1.12. The number of hydrogen-bond donors (Lipinski definition) is 1. The fourth-order valence-corrected chi connectivity index (χ4v) is 2.62. The molecule has 0 aromatic heterocycles. The monoisotopic (exact) mass is 323 g/mol. The maximum Gasteiger partial charge on any atom is 0.233 e. The number of nitrogens with one attached hydrogen (secondary N) is 1. The number of rotatable bonds is 5. The van der Waals surface area contributed by atoms with Gasteiger partial charge in [-0.15, -0.1) is 0 Å². The van der Waals surface area contributed by atoms with Crippen molar-refractivity contribution in [2.75, 3.05) is 39.8 Å². The van der Waals surface area contributed by atoms with Gasteiger partial charge in [-0.3, -0.25) is 14.5 Å². The van der Waals surface area contributed by atoms with Crippen LogP contribution in [-0.4, -0.2) is 61.4 Å². The molecule has 2 rings (SSSR count). The van der Waals surface area contributed by atoms with Crippen molar-refractivity contribution < 1.29 is 9.59 Å². The Bertz CT molecular complexity index is 511. The molecule has 1 aliphatic rings. The van der Waals surface area contributed by atoms with Crippen molar-refractivity contribution in [1.29, 1.82) is 0 Å². The van der Waals surface area contributed by atoms with E-state index in [0.29, 0.717) is 31.1 Å². The van der Waals surface area contributed by atoms with Gasteiger partial charge in [-0.2, -0.15) is 0 Å². The second-order valence-corrected chi connectivity index (χ2v) is 5.89. The van der Waals surface area contributed by atoms with Crippen molar-refractivity contribution in [2.24, 2.45) is 0 Å². The summed E-state index contributed by atoms with van der Waals surface area (Å²) < 4.78 is 0. The summed E-state index contributed by atoms with van der Waals surface area (Å²) in [7, 11) is 1.64. The summed E-state index contributed by atoms with van der Waals surface area (Å²) in [6, 6.07) is 7.60. The molecule has 120 valence electrons. The van der Waals surface area contributed by atoms with Gasteiger partial charge in [0.1, 0.15) is 0 Å². The molecule has 0 unspecified atom stereocenters. The Balaban J connectivity index is 1.73. The van der Waals surface area contributed by atoms with Crippen LogP contribution in [0.25, 0.3) is 0 Å². The maximum atomic E-state index is 12.2. The first-order valence-corrected chi connectivity index (χ1v) is 7.91. The van der Waals surface area contributed by atoms with Crippen LogP contribution < -0.4 is 5.32 Å². The number of aryl methyl sites for hydroxylation is 1. The second kappa shape index (κ2) is 8.15. The zero-order valence-corrected chi connectivity index (χ0v) is 13.6. The second-order valence-electron chi connectivity index (χ2n) is 5.46. The zero-order chi connectivity index (χ0) is 15.9. The van der Waals surface area contributed by atoms with Gasteiger partial charge in [0.05, 0.1) is 6.54 Å². The normalized spacial score (nSPS) is 15.6. The molecule has 0 bridgehead atoms. The molecule has 1 aromatic carbocycles. The summed E-state index contributed by atoms with van der Waals surface area (Å²) in [6.07, 6.45) is 1.24. The van der Waals surface area contributed by atoms with Crippen LogP contribution in [0.2, 0.25) is 5.02 Å². The lowest BCUT2D eigenvalue weighted by molar-refractivity contribution is -0.133. The summed E-state index contributed by atoms with van der Waals surface area (Å²) in [4.78, 5) is 27.5. The van der Waals surface area contributed by atoms with Crippen molar-refractivity contribution >= 4 is 23.4 Å². The standard InChI is InChI=1S/C16H22ClN3O2/c1-18-15(21)12-19-8-10-20(11-9-19)16(22)7-4-13-2-5-14(17)6-3-13/h2-3,5-6H,4,7-12H2,1H3,(H,18,21). The van der Waals surface area contributed by atoms with Gasteiger partial charge in [0.2, 0.25) is 11.8 Å². The Morgan fingerprint density at radius 2 is 1.77 bits per heavy atom. The highest BCUT2D eigenvalue weighted by Crippen LogP contribution is 2.12. The highest BCUT2D eigenvalue weighted by molar-refractivity contribution is 6.30. The zero-order valence-electron chi connectivity index (χ0n) is 12.8. The van der Waals surface area contributed by atoms with Gasteiger partial charge in [-0.1, -0.05) is 23.7 Å². The summed E-state index contributed by atoms with van der Waals surface area (Å²) >= 11 is 5.85. The molecular weight excluding hydrogens is 302 g/mol. The fourth-order valence-electron chi connectivity index (χ4n) is 2.50. The number of amides is 2. The van der Waals surface area contributed by atoms with Gasteiger partial charge in [-0.25, -0.2) is 0 Å². The molecule has 0 saturated carbocycles. The van der Waals surface area contributed by atoms with Crippen LogP contribution in [0.1, 0.15) is 12.0 Å². The molecule has 0 atom stereocenters. The number of carbonyl (C=O) groups excluding carboxylic acids is 2. The predicted molar refractivity (Wildman–Crippen MR) is 86.9 cm³/mol. The third-order valence-corrected chi connectivity index (χ3v) is 4.16. The van der Waals surface area contributed by atoms with Crippen LogP contribution in [0.5, 0.6) is 0 Å². The van der Waals surface area contributed by atoms with E-state index < -0.39 is 0 Å². The number of piperazine rings is 1.